The molecule has 0 aliphatic carbocycles. The van der Waals surface area contributed by atoms with Crippen molar-refractivity contribution in [2.24, 2.45) is 0 Å². The van der Waals surface area contributed by atoms with Crippen LogP contribution in [-0.4, -0.2) is 33.8 Å². The van der Waals surface area contributed by atoms with Crippen LogP contribution in [0.1, 0.15) is 0 Å². The molecule has 0 fully saturated rings. The Morgan fingerprint density at radius 1 is 1.17 bits per heavy atom. The second-order valence-electron chi connectivity index (χ2n) is 4.87. The largest absolute Gasteiger partial charge is 0.243 e. The minimum absolute atomic E-state index is 0.117. The Labute approximate surface area is 140 Å². The van der Waals surface area contributed by atoms with Crippen molar-refractivity contribution in [1.29, 1.82) is 0 Å². The van der Waals surface area contributed by atoms with E-state index in [-0.39, 0.29) is 20.7 Å². The van der Waals surface area contributed by atoms with Gasteiger partial charge in [0.1, 0.15) is 0 Å². The van der Waals surface area contributed by atoms with E-state index >= 15 is 0 Å². The highest BCUT2D eigenvalue weighted by atomic mass is 35.5. The Morgan fingerprint density at radius 3 is 2.30 bits per heavy atom. The summed E-state index contributed by atoms with van der Waals surface area (Å²) in [5.74, 6) is -0.254. The highest BCUT2D eigenvalue weighted by molar-refractivity contribution is 7.91. The predicted octanol–water partition coefficient (Wildman–Crippen LogP) is 2.77. The van der Waals surface area contributed by atoms with Gasteiger partial charge in [-0.05, 0) is 23.8 Å². The van der Waals surface area contributed by atoms with E-state index in [1.807, 2.05) is 0 Å². The van der Waals surface area contributed by atoms with Gasteiger partial charge in [0.2, 0.25) is 0 Å². The number of halogens is 1. The summed E-state index contributed by atoms with van der Waals surface area (Å²) < 4.78 is 47.6. The summed E-state index contributed by atoms with van der Waals surface area (Å²) in [5.41, 5.74) is 0.828. The normalized spacial score (nSPS) is 12.1. The fraction of sp³-hybridized carbons (Fsp3) is 0.133. The lowest BCUT2D eigenvalue weighted by Gasteiger charge is -2.10. The van der Waals surface area contributed by atoms with Crippen molar-refractivity contribution < 1.29 is 16.8 Å². The number of rotatable bonds is 5. The predicted molar refractivity (Wildman–Crippen MR) is 90.0 cm³/mol. The highest BCUT2D eigenvalue weighted by Gasteiger charge is 2.21. The van der Waals surface area contributed by atoms with Crippen molar-refractivity contribution in [3.05, 3.63) is 54.2 Å². The van der Waals surface area contributed by atoms with Crippen LogP contribution in [0.2, 0.25) is 5.02 Å². The van der Waals surface area contributed by atoms with Crippen molar-refractivity contribution in [3.63, 3.8) is 0 Å². The molecule has 0 aliphatic heterocycles. The van der Waals surface area contributed by atoms with E-state index in [1.165, 1.54) is 42.6 Å². The molecule has 122 valence electrons. The topological polar surface area (TPSA) is 81.2 Å². The van der Waals surface area contributed by atoms with Gasteiger partial charge in [-0.25, -0.2) is 21.8 Å². The number of hydrogen-bond acceptors (Lipinski definition) is 5. The molecule has 0 aliphatic rings. The zero-order chi connectivity index (χ0) is 17.3. The molecule has 0 N–H and O–H groups in total. The first-order chi connectivity index (χ1) is 10.6. The molecule has 23 heavy (non-hydrogen) atoms. The molecule has 0 spiro atoms. The second kappa shape index (κ2) is 6.43. The van der Waals surface area contributed by atoms with Crippen LogP contribution in [-0.2, 0) is 19.7 Å². The summed E-state index contributed by atoms with van der Waals surface area (Å²) >= 11 is 5.92. The number of benzene rings is 1. The molecular formula is C15H14ClNO4S2. The van der Waals surface area contributed by atoms with Gasteiger partial charge in [-0.1, -0.05) is 29.8 Å². The Bertz CT molecular complexity index is 949. The average molecular weight is 372 g/mol. The third-order valence-corrected chi connectivity index (χ3v) is 5.97. The third-order valence-electron chi connectivity index (χ3n) is 3.04. The van der Waals surface area contributed by atoms with Crippen LogP contribution in [0.3, 0.4) is 0 Å². The van der Waals surface area contributed by atoms with Crippen LogP contribution in [0.15, 0.2) is 59.1 Å². The molecule has 1 aromatic heterocycles. The van der Waals surface area contributed by atoms with Gasteiger partial charge < -0.3 is 0 Å². The number of hydrogen-bond donors (Lipinski definition) is 0. The van der Waals surface area contributed by atoms with Gasteiger partial charge in [-0.2, -0.15) is 0 Å². The summed E-state index contributed by atoms with van der Waals surface area (Å²) in [5, 5.41) is 0.165. The minimum Gasteiger partial charge on any atom is -0.243 e. The number of aromatic nitrogens is 1. The van der Waals surface area contributed by atoms with Crippen LogP contribution in [0.25, 0.3) is 11.1 Å². The summed E-state index contributed by atoms with van der Waals surface area (Å²) in [6.45, 7) is 3.43. The number of sulfone groups is 2. The fourth-order valence-corrected chi connectivity index (χ4v) is 3.98. The number of pyridine rings is 1. The zero-order valence-corrected chi connectivity index (χ0v) is 14.6. The minimum atomic E-state index is -3.65. The van der Waals surface area contributed by atoms with Crippen molar-refractivity contribution in [2.45, 2.75) is 9.92 Å². The first-order valence-corrected chi connectivity index (χ1v) is 10.4. The van der Waals surface area contributed by atoms with Crippen molar-refractivity contribution in [3.8, 4) is 11.1 Å². The maximum absolute atomic E-state index is 12.3. The Hall–Kier alpha value is -1.70. The first kappa shape index (κ1) is 17.7. The van der Waals surface area contributed by atoms with Crippen molar-refractivity contribution in [1.82, 2.24) is 4.98 Å². The molecule has 0 unspecified atom stereocenters. The zero-order valence-electron chi connectivity index (χ0n) is 12.2. The Morgan fingerprint density at radius 2 is 1.78 bits per heavy atom. The lowest BCUT2D eigenvalue weighted by Crippen LogP contribution is -2.08. The summed E-state index contributed by atoms with van der Waals surface area (Å²) in [4.78, 5) is 4.08. The maximum Gasteiger partial charge on any atom is 0.199 e. The molecule has 2 rings (SSSR count). The monoisotopic (exact) mass is 371 g/mol. The summed E-state index contributed by atoms with van der Waals surface area (Å²) in [7, 11) is -6.98. The van der Waals surface area contributed by atoms with E-state index in [1.54, 1.807) is 0 Å². The van der Waals surface area contributed by atoms with Crippen molar-refractivity contribution >= 4 is 31.3 Å². The smallest absolute Gasteiger partial charge is 0.199 e. The van der Waals surface area contributed by atoms with E-state index < -0.39 is 19.7 Å². The van der Waals surface area contributed by atoms with Gasteiger partial charge in [0.15, 0.2) is 24.7 Å². The second-order valence-corrected chi connectivity index (χ2v) is 9.27. The molecule has 0 bridgehead atoms. The lowest BCUT2D eigenvalue weighted by molar-refractivity contribution is 0.595. The molecule has 0 atom stereocenters. The SMILES string of the molecule is C=CCS(=O)(=O)c1ncc(Cl)cc1-c1ccc(S(C)(=O)=O)cc1. The van der Waals surface area contributed by atoms with E-state index in [9.17, 15) is 16.8 Å². The van der Waals surface area contributed by atoms with Crippen LogP contribution >= 0.6 is 11.6 Å². The molecule has 0 saturated heterocycles. The van der Waals surface area contributed by atoms with Gasteiger partial charge >= 0.3 is 0 Å². The lowest BCUT2D eigenvalue weighted by atomic mass is 10.1. The van der Waals surface area contributed by atoms with Gasteiger partial charge in [-0.15, -0.1) is 6.58 Å². The number of nitrogens with zero attached hydrogens (tertiary/aromatic N) is 1. The quantitative estimate of drug-likeness (QED) is 0.755. The molecule has 2 aromatic rings. The Balaban J connectivity index is 2.64. The molecule has 1 aromatic carbocycles. The fourth-order valence-electron chi connectivity index (χ4n) is 2.00. The molecule has 1 heterocycles. The third kappa shape index (κ3) is 3.99. The maximum atomic E-state index is 12.3. The van der Waals surface area contributed by atoms with Gasteiger partial charge in [0.25, 0.3) is 0 Å². The van der Waals surface area contributed by atoms with E-state index in [2.05, 4.69) is 11.6 Å². The van der Waals surface area contributed by atoms with Crippen molar-refractivity contribution in [2.75, 3.05) is 12.0 Å². The average Bonchev–Trinajstić information content (AvgIpc) is 2.46. The molecule has 0 radical (unpaired) electrons. The van der Waals surface area contributed by atoms with Gasteiger partial charge in [-0.3, -0.25) is 0 Å². The van der Waals surface area contributed by atoms with Crippen LogP contribution < -0.4 is 0 Å². The van der Waals surface area contributed by atoms with E-state index in [0.717, 1.165) is 6.26 Å². The first-order valence-electron chi connectivity index (χ1n) is 6.45. The van der Waals surface area contributed by atoms with Crippen LogP contribution in [0.5, 0.6) is 0 Å². The van der Waals surface area contributed by atoms with Gasteiger partial charge in [0.05, 0.1) is 15.7 Å². The summed E-state index contributed by atoms with van der Waals surface area (Å²) in [6.07, 6.45) is 3.64. The molecular weight excluding hydrogens is 358 g/mol. The van der Waals surface area contributed by atoms with E-state index in [4.69, 9.17) is 11.6 Å². The van der Waals surface area contributed by atoms with Crippen LogP contribution in [0, 0.1) is 0 Å². The van der Waals surface area contributed by atoms with Crippen LogP contribution in [0.4, 0.5) is 0 Å². The molecule has 5 nitrogen and oxygen atoms in total. The molecule has 0 saturated carbocycles. The summed E-state index contributed by atoms with van der Waals surface area (Å²) in [6, 6.07) is 7.36. The standard InChI is InChI=1S/C15H14ClNO4S2/c1-3-8-23(20,21)15-14(9-12(16)10-17-15)11-4-6-13(7-5-11)22(2,18)19/h3-7,9-10H,1,8H2,2H3. The highest BCUT2D eigenvalue weighted by Crippen LogP contribution is 2.29. The van der Waals surface area contributed by atoms with E-state index in [0.29, 0.717) is 11.1 Å². The molecule has 8 heteroatoms. The van der Waals surface area contributed by atoms with Gasteiger partial charge in [0, 0.05) is 18.0 Å². The Kier molecular flexibility index (Phi) is 4.93. The molecule has 0 amide bonds.